The van der Waals surface area contributed by atoms with Gasteiger partial charge in [-0.15, -0.1) is 13.2 Å². The van der Waals surface area contributed by atoms with E-state index >= 15 is 0 Å². The second-order valence-electron chi connectivity index (χ2n) is 4.11. The predicted octanol–water partition coefficient (Wildman–Crippen LogP) is 3.02. The molecule has 0 aromatic heterocycles. The van der Waals surface area contributed by atoms with E-state index in [-0.39, 0.29) is 16.4 Å². The third kappa shape index (κ3) is 4.37. The highest BCUT2D eigenvalue weighted by molar-refractivity contribution is 7.89. The van der Waals surface area contributed by atoms with Gasteiger partial charge in [-0.25, -0.2) is 13.6 Å². The van der Waals surface area contributed by atoms with Crippen molar-refractivity contribution in [3.05, 3.63) is 48.5 Å². The van der Waals surface area contributed by atoms with Gasteiger partial charge >= 0.3 is 6.36 Å². The molecule has 0 aliphatic carbocycles. The SMILES string of the molecule is NS(=O)(=O)c1ccccc1Oc1ccc(OC(F)(F)F)cc1. The van der Waals surface area contributed by atoms with Crippen LogP contribution in [0.25, 0.3) is 0 Å². The molecule has 0 radical (unpaired) electrons. The number of halogens is 3. The highest BCUT2D eigenvalue weighted by Crippen LogP contribution is 2.30. The zero-order valence-electron chi connectivity index (χ0n) is 10.9. The molecule has 0 bridgehead atoms. The van der Waals surface area contributed by atoms with Crippen LogP contribution in [0, 0.1) is 0 Å². The molecular weight excluding hydrogens is 323 g/mol. The predicted molar refractivity (Wildman–Crippen MR) is 71.0 cm³/mol. The standard InChI is InChI=1S/C13H10F3NO4S/c14-13(15,16)21-10-7-5-9(6-8-10)20-11-3-1-2-4-12(11)22(17,18)19/h1-8H,(H2,17,18,19). The molecule has 0 amide bonds. The highest BCUT2D eigenvalue weighted by atomic mass is 32.2. The van der Waals surface area contributed by atoms with Gasteiger partial charge in [0.2, 0.25) is 10.0 Å². The Kier molecular flexibility index (Phi) is 4.29. The van der Waals surface area contributed by atoms with E-state index in [0.717, 1.165) is 12.1 Å². The molecule has 5 nitrogen and oxygen atoms in total. The molecule has 2 N–H and O–H groups in total. The second-order valence-corrected chi connectivity index (χ2v) is 5.64. The van der Waals surface area contributed by atoms with Crippen molar-refractivity contribution >= 4 is 10.0 Å². The van der Waals surface area contributed by atoms with E-state index in [2.05, 4.69) is 4.74 Å². The van der Waals surface area contributed by atoms with Crippen molar-refractivity contribution in [2.24, 2.45) is 5.14 Å². The molecule has 0 aliphatic rings. The first-order valence-corrected chi connectivity index (χ1v) is 7.35. The molecular formula is C13H10F3NO4S. The number of ether oxygens (including phenoxy) is 2. The first-order valence-electron chi connectivity index (χ1n) is 5.81. The molecule has 0 aliphatic heterocycles. The first kappa shape index (κ1) is 16.1. The monoisotopic (exact) mass is 333 g/mol. The normalized spacial score (nSPS) is 12.0. The van der Waals surface area contributed by atoms with Crippen LogP contribution in [0.5, 0.6) is 17.2 Å². The van der Waals surface area contributed by atoms with Crippen molar-refractivity contribution in [2.75, 3.05) is 0 Å². The molecule has 2 aromatic rings. The summed E-state index contributed by atoms with van der Waals surface area (Å²) < 4.78 is 68.0. The van der Waals surface area contributed by atoms with Gasteiger partial charge in [0, 0.05) is 0 Å². The van der Waals surface area contributed by atoms with Crippen LogP contribution < -0.4 is 14.6 Å². The van der Waals surface area contributed by atoms with Gasteiger partial charge in [-0.2, -0.15) is 0 Å². The van der Waals surface area contributed by atoms with Gasteiger partial charge in [-0.05, 0) is 36.4 Å². The largest absolute Gasteiger partial charge is 0.573 e. The molecule has 0 spiro atoms. The van der Waals surface area contributed by atoms with Gasteiger partial charge in [0.05, 0.1) is 0 Å². The zero-order chi connectivity index (χ0) is 16.4. The maximum atomic E-state index is 12.0. The number of primary sulfonamides is 1. The maximum absolute atomic E-state index is 12.0. The Morgan fingerprint density at radius 2 is 1.45 bits per heavy atom. The fourth-order valence-corrected chi connectivity index (χ4v) is 2.26. The van der Waals surface area contributed by atoms with Crippen molar-refractivity contribution in [3.63, 3.8) is 0 Å². The topological polar surface area (TPSA) is 78.6 Å². The van der Waals surface area contributed by atoms with Gasteiger partial charge < -0.3 is 9.47 Å². The average molecular weight is 333 g/mol. The van der Waals surface area contributed by atoms with Crippen LogP contribution in [-0.4, -0.2) is 14.8 Å². The fourth-order valence-electron chi connectivity index (χ4n) is 1.61. The summed E-state index contributed by atoms with van der Waals surface area (Å²) in [7, 11) is -3.98. The van der Waals surface area contributed by atoms with E-state index in [0.29, 0.717) is 0 Å². The van der Waals surface area contributed by atoms with Crippen molar-refractivity contribution in [2.45, 2.75) is 11.3 Å². The molecule has 0 saturated heterocycles. The number of para-hydroxylation sites is 1. The number of hydrogen-bond acceptors (Lipinski definition) is 4. The van der Waals surface area contributed by atoms with Crippen LogP contribution in [0.2, 0.25) is 0 Å². The molecule has 2 rings (SSSR count). The quantitative estimate of drug-likeness (QED) is 0.933. The lowest BCUT2D eigenvalue weighted by atomic mass is 10.3. The van der Waals surface area contributed by atoms with Gasteiger partial charge in [0.1, 0.15) is 22.1 Å². The minimum Gasteiger partial charge on any atom is -0.456 e. The lowest BCUT2D eigenvalue weighted by Gasteiger charge is -2.11. The third-order valence-electron chi connectivity index (χ3n) is 2.44. The summed E-state index contributed by atoms with van der Waals surface area (Å²) in [4.78, 5) is -0.231. The minimum atomic E-state index is -4.79. The van der Waals surface area contributed by atoms with Gasteiger partial charge in [0.25, 0.3) is 0 Å². The zero-order valence-corrected chi connectivity index (χ0v) is 11.7. The van der Waals surface area contributed by atoms with E-state index in [4.69, 9.17) is 9.88 Å². The summed E-state index contributed by atoms with van der Waals surface area (Å²) >= 11 is 0. The Labute approximate surface area is 124 Å². The summed E-state index contributed by atoms with van der Waals surface area (Å²) in [6, 6.07) is 10.1. The van der Waals surface area contributed by atoms with Gasteiger partial charge in [-0.3, -0.25) is 0 Å². The van der Waals surface area contributed by atoms with Crippen molar-refractivity contribution < 1.29 is 31.1 Å². The lowest BCUT2D eigenvalue weighted by molar-refractivity contribution is -0.274. The molecule has 22 heavy (non-hydrogen) atoms. The molecule has 0 fully saturated rings. The number of sulfonamides is 1. The highest BCUT2D eigenvalue weighted by Gasteiger charge is 2.31. The molecule has 118 valence electrons. The Morgan fingerprint density at radius 1 is 0.909 bits per heavy atom. The average Bonchev–Trinajstić information content (AvgIpc) is 2.39. The minimum absolute atomic E-state index is 0.0329. The van der Waals surface area contributed by atoms with Gasteiger partial charge in [-0.1, -0.05) is 12.1 Å². The smallest absolute Gasteiger partial charge is 0.456 e. The number of hydrogen-bond donors (Lipinski definition) is 1. The lowest BCUT2D eigenvalue weighted by Crippen LogP contribution is -2.16. The summed E-state index contributed by atoms with van der Waals surface area (Å²) in [5.74, 6) is -0.320. The van der Waals surface area contributed by atoms with Crippen LogP contribution in [0.3, 0.4) is 0 Å². The summed E-state index contributed by atoms with van der Waals surface area (Å²) in [6.45, 7) is 0. The van der Waals surface area contributed by atoms with E-state index in [9.17, 15) is 21.6 Å². The van der Waals surface area contributed by atoms with Crippen LogP contribution >= 0.6 is 0 Å². The molecule has 0 heterocycles. The maximum Gasteiger partial charge on any atom is 0.573 e. The van der Waals surface area contributed by atoms with E-state index in [1.807, 2.05) is 0 Å². The molecule has 2 aromatic carbocycles. The van der Waals surface area contributed by atoms with Crippen LogP contribution in [0.4, 0.5) is 13.2 Å². The van der Waals surface area contributed by atoms with Crippen molar-refractivity contribution in [1.29, 1.82) is 0 Å². The Morgan fingerprint density at radius 3 is 2.00 bits per heavy atom. The summed E-state index contributed by atoms with van der Waals surface area (Å²) in [5.41, 5.74) is 0. The van der Waals surface area contributed by atoms with Crippen LogP contribution in [0.15, 0.2) is 53.4 Å². The number of benzene rings is 2. The Bertz CT molecular complexity index is 758. The molecule has 9 heteroatoms. The summed E-state index contributed by atoms with van der Waals surface area (Å²) in [5, 5.41) is 5.05. The van der Waals surface area contributed by atoms with Crippen molar-refractivity contribution in [1.82, 2.24) is 0 Å². The number of rotatable bonds is 4. The fraction of sp³-hybridized carbons (Fsp3) is 0.0769. The molecule has 0 saturated carbocycles. The van der Waals surface area contributed by atoms with E-state index < -0.39 is 22.1 Å². The van der Waals surface area contributed by atoms with E-state index in [1.165, 1.54) is 36.4 Å². The number of alkyl halides is 3. The third-order valence-corrected chi connectivity index (χ3v) is 3.39. The molecule has 0 atom stereocenters. The first-order chi connectivity index (χ1) is 10.1. The Balaban J connectivity index is 2.22. The van der Waals surface area contributed by atoms with Crippen LogP contribution in [0.1, 0.15) is 0 Å². The summed E-state index contributed by atoms with van der Waals surface area (Å²) in [6.07, 6.45) is -4.79. The van der Waals surface area contributed by atoms with Gasteiger partial charge in [0.15, 0.2) is 0 Å². The Hall–Kier alpha value is -2.26. The van der Waals surface area contributed by atoms with Crippen molar-refractivity contribution in [3.8, 4) is 17.2 Å². The second kappa shape index (κ2) is 5.85. The van der Waals surface area contributed by atoms with E-state index in [1.54, 1.807) is 0 Å². The van der Waals surface area contributed by atoms with Crippen LogP contribution in [-0.2, 0) is 10.0 Å². The molecule has 0 unspecified atom stereocenters. The number of nitrogens with two attached hydrogens (primary N) is 1.